The monoisotopic (exact) mass is 293 g/mol. The molecule has 2 heterocycles. The van der Waals surface area contributed by atoms with Crippen LogP contribution in [0.3, 0.4) is 0 Å². The lowest BCUT2D eigenvalue weighted by atomic mass is 9.76. The summed E-state index contributed by atoms with van der Waals surface area (Å²) in [6.07, 6.45) is 1.83. The summed E-state index contributed by atoms with van der Waals surface area (Å²) in [6, 6.07) is 6.00. The molecular weight excluding hydrogens is 270 g/mol. The van der Waals surface area contributed by atoms with Crippen LogP contribution < -0.4 is 5.43 Å². The van der Waals surface area contributed by atoms with E-state index < -0.39 is 0 Å². The minimum atomic E-state index is -0.269. The summed E-state index contributed by atoms with van der Waals surface area (Å²) >= 11 is 5.69. The van der Waals surface area contributed by atoms with Crippen LogP contribution in [-0.4, -0.2) is 41.3 Å². The van der Waals surface area contributed by atoms with E-state index in [-0.39, 0.29) is 5.41 Å². The van der Waals surface area contributed by atoms with Gasteiger partial charge in [0.2, 0.25) is 0 Å². The van der Waals surface area contributed by atoms with Crippen molar-refractivity contribution in [2.24, 2.45) is 5.92 Å². The van der Waals surface area contributed by atoms with Gasteiger partial charge in [0, 0.05) is 19.3 Å². The SMILES string of the molecule is CC(C)C(C)(C(=S)NN1CCOCC1)c1ccccn1. The lowest BCUT2D eigenvalue weighted by molar-refractivity contribution is 0.0239. The summed E-state index contributed by atoms with van der Waals surface area (Å²) in [5.41, 5.74) is 4.13. The van der Waals surface area contributed by atoms with Crippen LogP contribution in [0.25, 0.3) is 0 Å². The molecule has 1 aromatic rings. The van der Waals surface area contributed by atoms with Crippen molar-refractivity contribution in [1.29, 1.82) is 0 Å². The van der Waals surface area contributed by atoms with Gasteiger partial charge in [-0.15, -0.1) is 0 Å². The van der Waals surface area contributed by atoms with E-state index in [9.17, 15) is 0 Å². The molecular formula is C15H23N3OS. The molecule has 110 valence electrons. The predicted molar refractivity (Wildman–Crippen MR) is 84.6 cm³/mol. The van der Waals surface area contributed by atoms with Crippen molar-refractivity contribution in [3.8, 4) is 0 Å². The van der Waals surface area contributed by atoms with Gasteiger partial charge in [0.15, 0.2) is 0 Å². The van der Waals surface area contributed by atoms with Gasteiger partial charge >= 0.3 is 0 Å². The second kappa shape index (κ2) is 6.61. The smallest absolute Gasteiger partial charge is 0.102 e. The molecule has 0 bridgehead atoms. The van der Waals surface area contributed by atoms with Gasteiger partial charge in [-0.05, 0) is 25.0 Å². The summed E-state index contributed by atoms with van der Waals surface area (Å²) in [5.74, 6) is 0.360. The summed E-state index contributed by atoms with van der Waals surface area (Å²) < 4.78 is 5.36. The molecule has 0 amide bonds. The fourth-order valence-electron chi connectivity index (χ4n) is 2.28. The molecule has 2 rings (SSSR count). The first-order chi connectivity index (χ1) is 9.55. The van der Waals surface area contributed by atoms with E-state index in [1.54, 1.807) is 0 Å². The minimum absolute atomic E-state index is 0.269. The number of rotatable bonds is 4. The molecule has 5 heteroatoms. The molecule has 4 nitrogen and oxygen atoms in total. The molecule has 0 radical (unpaired) electrons. The molecule has 1 saturated heterocycles. The number of nitrogens with zero attached hydrogens (tertiary/aromatic N) is 2. The van der Waals surface area contributed by atoms with Gasteiger partial charge in [-0.3, -0.25) is 4.98 Å². The lowest BCUT2D eigenvalue weighted by Crippen LogP contribution is -2.54. The van der Waals surface area contributed by atoms with Crippen LogP contribution >= 0.6 is 12.2 Å². The summed E-state index contributed by atoms with van der Waals surface area (Å²) in [5, 5.41) is 2.13. The first-order valence-electron chi connectivity index (χ1n) is 7.10. The quantitative estimate of drug-likeness (QED) is 0.861. The molecule has 0 aromatic carbocycles. The molecule has 20 heavy (non-hydrogen) atoms. The first kappa shape index (κ1) is 15.4. The van der Waals surface area contributed by atoms with Gasteiger partial charge in [-0.25, -0.2) is 5.01 Å². The summed E-state index contributed by atoms with van der Waals surface area (Å²) in [7, 11) is 0. The zero-order valence-electron chi connectivity index (χ0n) is 12.4. The van der Waals surface area contributed by atoms with Crippen molar-refractivity contribution in [1.82, 2.24) is 15.4 Å². The van der Waals surface area contributed by atoms with E-state index in [2.05, 4.69) is 36.2 Å². The number of hydrogen-bond donors (Lipinski definition) is 1. The van der Waals surface area contributed by atoms with Crippen molar-refractivity contribution < 1.29 is 4.74 Å². The second-order valence-corrected chi connectivity index (χ2v) is 6.02. The van der Waals surface area contributed by atoms with E-state index in [4.69, 9.17) is 17.0 Å². The average Bonchev–Trinajstić information content (AvgIpc) is 2.48. The maximum atomic E-state index is 5.69. The van der Waals surface area contributed by atoms with Crippen molar-refractivity contribution in [3.63, 3.8) is 0 Å². The van der Waals surface area contributed by atoms with E-state index in [1.807, 2.05) is 24.4 Å². The molecule has 1 fully saturated rings. The number of ether oxygens (including phenoxy) is 1. The molecule has 1 unspecified atom stereocenters. The van der Waals surface area contributed by atoms with Crippen molar-refractivity contribution in [2.75, 3.05) is 26.3 Å². The van der Waals surface area contributed by atoms with Crippen LogP contribution in [0, 0.1) is 5.92 Å². The van der Waals surface area contributed by atoms with Gasteiger partial charge < -0.3 is 10.2 Å². The first-order valence-corrected chi connectivity index (χ1v) is 7.51. The van der Waals surface area contributed by atoms with E-state index in [0.29, 0.717) is 5.92 Å². The molecule has 0 spiro atoms. The Morgan fingerprint density at radius 1 is 1.40 bits per heavy atom. The Morgan fingerprint density at radius 2 is 2.10 bits per heavy atom. The Morgan fingerprint density at radius 3 is 2.65 bits per heavy atom. The highest BCUT2D eigenvalue weighted by atomic mass is 32.1. The van der Waals surface area contributed by atoms with Gasteiger partial charge in [-0.1, -0.05) is 32.1 Å². The highest BCUT2D eigenvalue weighted by Gasteiger charge is 2.37. The van der Waals surface area contributed by atoms with E-state index in [0.717, 1.165) is 37.0 Å². The van der Waals surface area contributed by atoms with Gasteiger partial charge in [0.05, 0.1) is 24.3 Å². The van der Waals surface area contributed by atoms with Crippen LogP contribution in [0.2, 0.25) is 0 Å². The largest absolute Gasteiger partial charge is 0.379 e. The molecule has 1 N–H and O–H groups in total. The average molecular weight is 293 g/mol. The Labute approximate surface area is 126 Å². The Hall–Kier alpha value is -1.04. The van der Waals surface area contributed by atoms with Crippen LogP contribution in [0.1, 0.15) is 26.5 Å². The molecule has 0 saturated carbocycles. The molecule has 1 aromatic heterocycles. The maximum absolute atomic E-state index is 5.69. The zero-order chi connectivity index (χ0) is 14.6. The lowest BCUT2D eigenvalue weighted by Gasteiger charge is -2.38. The Kier molecular flexibility index (Phi) is 5.07. The molecule has 1 atom stereocenters. The topological polar surface area (TPSA) is 37.4 Å². The standard InChI is InChI=1S/C15H23N3OS/c1-12(2)15(3,13-6-4-5-7-16-13)14(20)17-18-8-10-19-11-9-18/h4-7,12H,8-11H2,1-3H3,(H,17,20). The number of morpholine rings is 1. The number of hydrazine groups is 1. The summed E-state index contributed by atoms with van der Waals surface area (Å²) in [4.78, 5) is 5.34. The molecule has 1 aliphatic heterocycles. The minimum Gasteiger partial charge on any atom is -0.379 e. The normalized spacial score (nSPS) is 19.6. The van der Waals surface area contributed by atoms with Gasteiger partial charge in [0.1, 0.15) is 4.99 Å². The molecule has 0 aliphatic carbocycles. The number of thiocarbonyl (C=S) groups is 1. The Balaban J connectivity index is 2.17. The van der Waals surface area contributed by atoms with Crippen molar-refractivity contribution in [3.05, 3.63) is 30.1 Å². The van der Waals surface area contributed by atoms with Crippen molar-refractivity contribution in [2.45, 2.75) is 26.2 Å². The van der Waals surface area contributed by atoms with Gasteiger partial charge in [-0.2, -0.15) is 0 Å². The fraction of sp³-hybridized carbons (Fsp3) is 0.600. The highest BCUT2D eigenvalue weighted by molar-refractivity contribution is 7.80. The molecule has 1 aliphatic rings. The third kappa shape index (κ3) is 3.16. The number of aromatic nitrogens is 1. The number of pyridine rings is 1. The second-order valence-electron chi connectivity index (χ2n) is 5.61. The summed E-state index contributed by atoms with van der Waals surface area (Å²) in [6.45, 7) is 9.74. The van der Waals surface area contributed by atoms with E-state index in [1.165, 1.54) is 0 Å². The Bertz CT molecular complexity index is 446. The maximum Gasteiger partial charge on any atom is 0.102 e. The van der Waals surface area contributed by atoms with Gasteiger partial charge in [0.25, 0.3) is 0 Å². The van der Waals surface area contributed by atoms with Crippen LogP contribution in [-0.2, 0) is 10.2 Å². The fourth-order valence-corrected chi connectivity index (χ4v) is 2.75. The third-order valence-electron chi connectivity index (χ3n) is 4.09. The number of hydrogen-bond acceptors (Lipinski definition) is 4. The zero-order valence-corrected chi connectivity index (χ0v) is 13.2. The van der Waals surface area contributed by atoms with E-state index >= 15 is 0 Å². The number of nitrogens with one attached hydrogen (secondary N) is 1. The van der Waals surface area contributed by atoms with Crippen molar-refractivity contribution >= 4 is 17.2 Å². The third-order valence-corrected chi connectivity index (χ3v) is 4.61. The highest BCUT2D eigenvalue weighted by Crippen LogP contribution is 2.31. The predicted octanol–water partition coefficient (Wildman–Crippen LogP) is 2.16. The van der Waals surface area contributed by atoms with Crippen LogP contribution in [0.4, 0.5) is 0 Å². The van der Waals surface area contributed by atoms with Crippen LogP contribution in [0.15, 0.2) is 24.4 Å². The van der Waals surface area contributed by atoms with Crippen LogP contribution in [0.5, 0.6) is 0 Å².